The number of aromatic nitrogens is 2. The lowest BCUT2D eigenvalue weighted by molar-refractivity contribution is -0.131. The summed E-state index contributed by atoms with van der Waals surface area (Å²) in [5.41, 5.74) is 0. The third kappa shape index (κ3) is 4.48. The van der Waals surface area contributed by atoms with Crippen LogP contribution in [0.1, 0.15) is 6.42 Å². The molecule has 0 spiro atoms. The van der Waals surface area contributed by atoms with Gasteiger partial charge in [0.2, 0.25) is 5.88 Å². The maximum absolute atomic E-state index is 11.8. The van der Waals surface area contributed by atoms with Gasteiger partial charge in [-0.1, -0.05) is 0 Å². The number of hydrogen-bond donors (Lipinski definition) is 1. The van der Waals surface area contributed by atoms with E-state index in [9.17, 15) is 13.2 Å². The lowest BCUT2D eigenvalue weighted by atomic mass is 10.4. The smallest absolute Gasteiger partial charge is 0.390 e. The number of ether oxygens (including phenoxy) is 1. The summed E-state index contributed by atoms with van der Waals surface area (Å²) in [7, 11) is 1.42. The number of methoxy groups -OCH3 is 1. The highest BCUT2D eigenvalue weighted by atomic mass is 19.4. The van der Waals surface area contributed by atoms with Crippen molar-refractivity contribution in [3.8, 4) is 5.88 Å². The first-order valence-corrected chi connectivity index (χ1v) is 4.18. The van der Waals surface area contributed by atoms with E-state index in [1.54, 1.807) is 0 Å². The van der Waals surface area contributed by atoms with Gasteiger partial charge in [0.05, 0.1) is 13.5 Å². The van der Waals surface area contributed by atoms with Gasteiger partial charge < -0.3 is 10.1 Å². The lowest BCUT2D eigenvalue weighted by Gasteiger charge is -2.08. The number of nitrogens with one attached hydrogen (secondary N) is 1. The lowest BCUT2D eigenvalue weighted by Crippen LogP contribution is -2.15. The first kappa shape index (κ1) is 11.5. The molecule has 1 heterocycles. The van der Waals surface area contributed by atoms with Crippen molar-refractivity contribution in [2.24, 2.45) is 0 Å². The van der Waals surface area contributed by atoms with Crippen molar-refractivity contribution < 1.29 is 17.9 Å². The average molecular weight is 221 g/mol. The van der Waals surface area contributed by atoms with E-state index in [1.165, 1.54) is 19.5 Å². The van der Waals surface area contributed by atoms with Gasteiger partial charge in [-0.05, 0) is 0 Å². The molecule has 1 aromatic rings. The summed E-state index contributed by atoms with van der Waals surface area (Å²) >= 11 is 0. The molecule has 15 heavy (non-hydrogen) atoms. The summed E-state index contributed by atoms with van der Waals surface area (Å²) in [5.74, 6) is 0.616. The van der Waals surface area contributed by atoms with Gasteiger partial charge in [-0.3, -0.25) is 0 Å². The summed E-state index contributed by atoms with van der Waals surface area (Å²) in [5, 5.41) is 2.52. The molecular formula is C8H10F3N3O. The topological polar surface area (TPSA) is 47.0 Å². The van der Waals surface area contributed by atoms with Crippen LogP contribution in [0.3, 0.4) is 0 Å². The van der Waals surface area contributed by atoms with Crippen LogP contribution in [-0.4, -0.2) is 29.8 Å². The third-order valence-corrected chi connectivity index (χ3v) is 1.57. The molecule has 0 saturated heterocycles. The number of hydrogen-bond acceptors (Lipinski definition) is 4. The predicted molar refractivity (Wildman–Crippen MR) is 47.7 cm³/mol. The van der Waals surface area contributed by atoms with Crippen LogP contribution in [-0.2, 0) is 0 Å². The molecule has 1 aromatic heterocycles. The minimum Gasteiger partial charge on any atom is -0.481 e. The van der Waals surface area contributed by atoms with Crippen LogP contribution >= 0.6 is 0 Å². The van der Waals surface area contributed by atoms with Crippen molar-refractivity contribution in [3.05, 3.63) is 12.4 Å². The third-order valence-electron chi connectivity index (χ3n) is 1.57. The molecule has 0 bridgehead atoms. The molecule has 0 unspecified atom stereocenters. The zero-order valence-corrected chi connectivity index (χ0v) is 8.01. The van der Waals surface area contributed by atoms with Crippen LogP contribution in [0.4, 0.5) is 19.0 Å². The Bertz CT molecular complexity index is 316. The summed E-state index contributed by atoms with van der Waals surface area (Å²) in [6.45, 7) is -0.219. The van der Waals surface area contributed by atoms with E-state index in [4.69, 9.17) is 4.74 Å². The molecule has 0 fully saturated rings. The van der Waals surface area contributed by atoms with E-state index in [-0.39, 0.29) is 6.54 Å². The Morgan fingerprint density at radius 2 is 2.13 bits per heavy atom. The minimum atomic E-state index is -4.16. The summed E-state index contributed by atoms with van der Waals surface area (Å²) in [6.07, 6.45) is -3.85. The summed E-state index contributed by atoms with van der Waals surface area (Å²) in [4.78, 5) is 7.46. The van der Waals surface area contributed by atoms with E-state index in [2.05, 4.69) is 15.3 Å². The van der Waals surface area contributed by atoms with Gasteiger partial charge in [-0.25, -0.2) is 9.97 Å². The van der Waals surface area contributed by atoms with E-state index < -0.39 is 12.6 Å². The predicted octanol–water partition coefficient (Wildman–Crippen LogP) is 1.85. The molecule has 84 valence electrons. The van der Waals surface area contributed by atoms with Crippen molar-refractivity contribution >= 4 is 5.82 Å². The van der Waals surface area contributed by atoms with Gasteiger partial charge in [-0.2, -0.15) is 13.2 Å². The zero-order valence-electron chi connectivity index (χ0n) is 8.01. The normalized spacial score (nSPS) is 11.2. The molecule has 7 heteroatoms. The molecule has 0 aliphatic heterocycles. The number of alkyl halides is 3. The molecule has 0 amide bonds. The molecule has 0 atom stereocenters. The van der Waals surface area contributed by atoms with Crippen molar-refractivity contribution in [1.29, 1.82) is 0 Å². The molecule has 0 aliphatic carbocycles. The molecule has 4 nitrogen and oxygen atoms in total. The second kappa shape index (κ2) is 4.81. The van der Waals surface area contributed by atoms with E-state index in [0.717, 1.165) is 0 Å². The van der Waals surface area contributed by atoms with Gasteiger partial charge in [0, 0.05) is 12.6 Å². The quantitative estimate of drug-likeness (QED) is 0.842. The highest BCUT2D eigenvalue weighted by Crippen LogP contribution is 2.19. The van der Waals surface area contributed by atoms with E-state index >= 15 is 0 Å². The molecule has 0 aliphatic rings. The molecular weight excluding hydrogens is 211 g/mol. The summed E-state index contributed by atoms with van der Waals surface area (Å²) in [6, 6.07) is 1.43. The Morgan fingerprint density at radius 3 is 2.73 bits per heavy atom. The summed E-state index contributed by atoms with van der Waals surface area (Å²) < 4.78 is 40.2. The van der Waals surface area contributed by atoms with Crippen LogP contribution in [0.5, 0.6) is 5.88 Å². The van der Waals surface area contributed by atoms with Crippen molar-refractivity contribution in [2.75, 3.05) is 19.0 Å². The van der Waals surface area contributed by atoms with Gasteiger partial charge in [-0.15, -0.1) is 0 Å². The Labute approximate surface area is 84.5 Å². The van der Waals surface area contributed by atoms with Gasteiger partial charge in [0.15, 0.2) is 0 Å². The van der Waals surface area contributed by atoms with Crippen LogP contribution in [0, 0.1) is 0 Å². The molecule has 1 rings (SSSR count). The van der Waals surface area contributed by atoms with Crippen molar-refractivity contribution in [2.45, 2.75) is 12.6 Å². The van der Waals surface area contributed by atoms with Gasteiger partial charge in [0.1, 0.15) is 12.1 Å². The Hall–Kier alpha value is -1.53. The minimum absolute atomic E-state index is 0.219. The molecule has 0 aromatic carbocycles. The number of rotatable bonds is 4. The molecule has 1 N–H and O–H groups in total. The van der Waals surface area contributed by atoms with Crippen molar-refractivity contribution in [1.82, 2.24) is 9.97 Å². The zero-order chi connectivity index (χ0) is 11.3. The first-order valence-electron chi connectivity index (χ1n) is 4.18. The fraction of sp³-hybridized carbons (Fsp3) is 0.500. The highest BCUT2D eigenvalue weighted by molar-refractivity contribution is 5.36. The average Bonchev–Trinajstić information content (AvgIpc) is 2.16. The first-order chi connectivity index (χ1) is 7.01. The number of halogens is 3. The maximum atomic E-state index is 11.8. The van der Waals surface area contributed by atoms with Crippen LogP contribution in [0.15, 0.2) is 12.4 Å². The Kier molecular flexibility index (Phi) is 3.70. The Morgan fingerprint density at radius 1 is 1.40 bits per heavy atom. The van der Waals surface area contributed by atoms with Gasteiger partial charge in [0.25, 0.3) is 0 Å². The fourth-order valence-corrected chi connectivity index (χ4v) is 0.880. The SMILES string of the molecule is COc1cc(NCCC(F)(F)F)ncn1. The number of anilines is 1. The van der Waals surface area contributed by atoms with Crippen LogP contribution < -0.4 is 10.1 Å². The monoisotopic (exact) mass is 221 g/mol. The Balaban J connectivity index is 2.44. The highest BCUT2D eigenvalue weighted by Gasteiger charge is 2.26. The fourth-order valence-electron chi connectivity index (χ4n) is 0.880. The largest absolute Gasteiger partial charge is 0.481 e. The standard InChI is InChI=1S/C8H10F3N3O/c1-15-7-4-6(13-5-14-7)12-3-2-8(9,10)11/h4-5H,2-3H2,1H3,(H,12,13,14). The van der Waals surface area contributed by atoms with Crippen LogP contribution in [0.25, 0.3) is 0 Å². The number of nitrogens with zero attached hydrogens (tertiary/aromatic N) is 2. The van der Waals surface area contributed by atoms with Crippen LogP contribution in [0.2, 0.25) is 0 Å². The van der Waals surface area contributed by atoms with E-state index in [1.807, 2.05) is 0 Å². The van der Waals surface area contributed by atoms with E-state index in [0.29, 0.717) is 11.7 Å². The second-order valence-corrected chi connectivity index (χ2v) is 2.74. The maximum Gasteiger partial charge on any atom is 0.390 e. The molecule has 0 radical (unpaired) electrons. The second-order valence-electron chi connectivity index (χ2n) is 2.74. The van der Waals surface area contributed by atoms with Crippen molar-refractivity contribution in [3.63, 3.8) is 0 Å². The molecule has 0 saturated carbocycles. The van der Waals surface area contributed by atoms with Gasteiger partial charge >= 0.3 is 6.18 Å².